The highest BCUT2D eigenvalue weighted by atomic mass is 15.8. The molecule has 0 unspecified atom stereocenters. The Morgan fingerprint density at radius 2 is 1.71 bits per heavy atom. The van der Waals surface area contributed by atoms with Crippen LogP contribution in [0.4, 0.5) is 0 Å². The summed E-state index contributed by atoms with van der Waals surface area (Å²) >= 11 is 0. The van der Waals surface area contributed by atoms with E-state index >= 15 is 0 Å². The van der Waals surface area contributed by atoms with E-state index in [1.165, 1.54) is 44.9 Å². The lowest BCUT2D eigenvalue weighted by molar-refractivity contribution is 0.0903. The Bertz CT molecular complexity index is 128. The van der Waals surface area contributed by atoms with Crippen LogP contribution in [0, 0.1) is 0 Å². The molecule has 0 radical (unpaired) electrons. The Morgan fingerprint density at radius 3 is 2.50 bits per heavy atom. The number of hydrogen-bond donors (Lipinski definition) is 3. The molecule has 1 aliphatic heterocycles. The third-order valence-electron chi connectivity index (χ3n) is 3.25. The van der Waals surface area contributed by atoms with Gasteiger partial charge in [0.15, 0.2) is 0 Å². The van der Waals surface area contributed by atoms with Gasteiger partial charge >= 0.3 is 0 Å². The third kappa shape index (κ3) is 2.92. The van der Waals surface area contributed by atoms with Crippen LogP contribution in [0.2, 0.25) is 0 Å². The molecule has 2 rings (SSSR count). The molecule has 0 bridgehead atoms. The minimum Gasteiger partial charge on any atom is -0.243 e. The molecule has 0 amide bonds. The van der Waals surface area contributed by atoms with Gasteiger partial charge in [0.2, 0.25) is 0 Å². The van der Waals surface area contributed by atoms with E-state index in [-0.39, 0.29) is 0 Å². The fourth-order valence-corrected chi connectivity index (χ4v) is 2.41. The first-order valence-electron chi connectivity index (χ1n) is 5.97. The van der Waals surface area contributed by atoms with Crippen molar-refractivity contribution >= 4 is 0 Å². The second-order valence-electron chi connectivity index (χ2n) is 4.36. The van der Waals surface area contributed by atoms with Crippen molar-refractivity contribution in [2.45, 2.75) is 51.0 Å². The van der Waals surface area contributed by atoms with Crippen LogP contribution in [-0.2, 0) is 0 Å². The first-order valence-corrected chi connectivity index (χ1v) is 5.97. The summed E-state index contributed by atoms with van der Waals surface area (Å²) in [4.78, 5) is 0. The molecule has 1 heterocycles. The summed E-state index contributed by atoms with van der Waals surface area (Å²) in [5.41, 5.74) is 9.42. The SMILES string of the molecule is C1CCCC(N2CCCNNN2)CC1. The van der Waals surface area contributed by atoms with E-state index in [4.69, 9.17) is 0 Å². The molecule has 14 heavy (non-hydrogen) atoms. The zero-order valence-corrected chi connectivity index (χ0v) is 8.89. The lowest BCUT2D eigenvalue weighted by atomic mass is 10.1. The fourth-order valence-electron chi connectivity index (χ4n) is 2.41. The zero-order valence-electron chi connectivity index (χ0n) is 8.89. The second kappa shape index (κ2) is 5.66. The molecule has 0 aromatic carbocycles. The van der Waals surface area contributed by atoms with Gasteiger partial charge in [-0.15, -0.1) is 0 Å². The highest BCUT2D eigenvalue weighted by Crippen LogP contribution is 2.20. The minimum atomic E-state index is 0.741. The van der Waals surface area contributed by atoms with Crippen molar-refractivity contribution in [3.8, 4) is 0 Å². The number of hydrazine groups is 3. The van der Waals surface area contributed by atoms with Gasteiger partial charge in [0.1, 0.15) is 0 Å². The van der Waals surface area contributed by atoms with Gasteiger partial charge < -0.3 is 0 Å². The Morgan fingerprint density at radius 1 is 0.929 bits per heavy atom. The van der Waals surface area contributed by atoms with Crippen molar-refractivity contribution in [2.75, 3.05) is 13.1 Å². The number of hydrogen-bond acceptors (Lipinski definition) is 4. The van der Waals surface area contributed by atoms with Gasteiger partial charge in [0.05, 0.1) is 0 Å². The minimum absolute atomic E-state index is 0.741. The molecule has 82 valence electrons. The average molecular weight is 198 g/mol. The molecule has 3 N–H and O–H groups in total. The maximum Gasteiger partial charge on any atom is 0.0257 e. The van der Waals surface area contributed by atoms with Gasteiger partial charge in [-0.2, -0.15) is 11.1 Å². The average Bonchev–Trinajstić information content (AvgIpc) is 2.62. The normalized spacial score (nSPS) is 28.3. The smallest absolute Gasteiger partial charge is 0.0257 e. The second-order valence-corrected chi connectivity index (χ2v) is 4.36. The summed E-state index contributed by atoms with van der Waals surface area (Å²) in [5, 5.41) is 2.38. The van der Waals surface area contributed by atoms with Crippen LogP contribution in [0.5, 0.6) is 0 Å². The van der Waals surface area contributed by atoms with Gasteiger partial charge in [-0.05, 0) is 19.3 Å². The van der Waals surface area contributed by atoms with Gasteiger partial charge in [-0.3, -0.25) is 0 Å². The number of nitrogens with zero attached hydrogens (tertiary/aromatic N) is 1. The van der Waals surface area contributed by atoms with E-state index in [0.29, 0.717) is 0 Å². The largest absolute Gasteiger partial charge is 0.243 e. The summed E-state index contributed by atoms with van der Waals surface area (Å²) in [6.45, 7) is 2.21. The lowest BCUT2D eigenvalue weighted by Crippen LogP contribution is -2.53. The molecule has 0 aromatic rings. The van der Waals surface area contributed by atoms with E-state index in [0.717, 1.165) is 19.1 Å². The first kappa shape index (κ1) is 10.4. The molecular weight excluding hydrogens is 176 g/mol. The zero-order chi connectivity index (χ0) is 9.64. The predicted molar refractivity (Wildman–Crippen MR) is 57.1 cm³/mol. The topological polar surface area (TPSA) is 39.3 Å². The number of rotatable bonds is 1. The van der Waals surface area contributed by atoms with Crippen LogP contribution < -0.4 is 16.5 Å². The van der Waals surface area contributed by atoms with Crippen LogP contribution in [0.25, 0.3) is 0 Å². The van der Waals surface area contributed by atoms with Crippen molar-refractivity contribution in [3.05, 3.63) is 0 Å². The van der Waals surface area contributed by atoms with E-state index < -0.39 is 0 Å². The predicted octanol–water partition coefficient (Wildman–Crippen LogP) is 0.929. The van der Waals surface area contributed by atoms with Crippen molar-refractivity contribution < 1.29 is 0 Å². The molecule has 0 aromatic heterocycles. The van der Waals surface area contributed by atoms with Crippen LogP contribution in [-0.4, -0.2) is 24.1 Å². The quantitative estimate of drug-likeness (QED) is 0.548. The molecule has 4 heteroatoms. The highest BCUT2D eigenvalue weighted by molar-refractivity contribution is 4.72. The molecular formula is C10H22N4. The Balaban J connectivity index is 1.83. The Labute approximate surface area is 86.3 Å². The molecule has 4 nitrogen and oxygen atoms in total. The van der Waals surface area contributed by atoms with Crippen molar-refractivity contribution in [3.63, 3.8) is 0 Å². The summed E-state index contributed by atoms with van der Waals surface area (Å²) in [7, 11) is 0. The Kier molecular flexibility index (Phi) is 4.19. The Hall–Kier alpha value is -0.160. The monoisotopic (exact) mass is 198 g/mol. The van der Waals surface area contributed by atoms with Crippen LogP contribution in [0.1, 0.15) is 44.9 Å². The van der Waals surface area contributed by atoms with E-state index in [2.05, 4.69) is 21.5 Å². The van der Waals surface area contributed by atoms with Gasteiger partial charge in [0, 0.05) is 19.1 Å². The van der Waals surface area contributed by atoms with Gasteiger partial charge in [-0.1, -0.05) is 25.7 Å². The maximum atomic E-state index is 3.25. The standard InChI is InChI=1S/C10H22N4/c1-2-4-7-10(6-3-1)14-9-5-8-11-12-13-14/h10-13H,1-9H2. The molecule has 0 atom stereocenters. The summed E-state index contributed by atoms with van der Waals surface area (Å²) < 4.78 is 0. The maximum absolute atomic E-state index is 3.25. The van der Waals surface area contributed by atoms with E-state index in [9.17, 15) is 0 Å². The van der Waals surface area contributed by atoms with Crippen molar-refractivity contribution in [2.24, 2.45) is 0 Å². The molecule has 2 fully saturated rings. The lowest BCUT2D eigenvalue weighted by Gasteiger charge is -2.29. The molecule has 2 aliphatic rings. The van der Waals surface area contributed by atoms with Gasteiger partial charge in [0.25, 0.3) is 0 Å². The molecule has 1 saturated heterocycles. The number of nitrogens with one attached hydrogen (secondary N) is 3. The van der Waals surface area contributed by atoms with Crippen LogP contribution in [0.15, 0.2) is 0 Å². The fraction of sp³-hybridized carbons (Fsp3) is 1.00. The highest BCUT2D eigenvalue weighted by Gasteiger charge is 2.20. The third-order valence-corrected chi connectivity index (χ3v) is 3.25. The van der Waals surface area contributed by atoms with E-state index in [1.807, 2.05) is 0 Å². The summed E-state index contributed by atoms with van der Waals surface area (Å²) in [5.74, 6) is 0. The summed E-state index contributed by atoms with van der Waals surface area (Å²) in [6.07, 6.45) is 9.58. The van der Waals surface area contributed by atoms with Crippen LogP contribution >= 0.6 is 0 Å². The first-order chi connectivity index (χ1) is 6.97. The van der Waals surface area contributed by atoms with Crippen molar-refractivity contribution in [1.82, 2.24) is 21.5 Å². The molecule has 1 aliphatic carbocycles. The summed E-state index contributed by atoms with van der Waals surface area (Å²) in [6, 6.07) is 0.741. The van der Waals surface area contributed by atoms with Gasteiger partial charge in [-0.25, -0.2) is 10.4 Å². The van der Waals surface area contributed by atoms with E-state index in [1.54, 1.807) is 0 Å². The molecule has 1 saturated carbocycles. The molecule has 0 spiro atoms. The van der Waals surface area contributed by atoms with Crippen LogP contribution in [0.3, 0.4) is 0 Å². The van der Waals surface area contributed by atoms with Crippen molar-refractivity contribution in [1.29, 1.82) is 0 Å².